The van der Waals surface area contributed by atoms with Crippen LogP contribution in [0.3, 0.4) is 0 Å². The van der Waals surface area contributed by atoms with E-state index in [1.165, 1.54) is 6.07 Å². The number of aliphatic hydroxyl groups is 1. The Balaban J connectivity index is 2.01. The molecule has 4 nitrogen and oxygen atoms in total. The predicted octanol–water partition coefficient (Wildman–Crippen LogP) is 1.26. The summed E-state index contributed by atoms with van der Waals surface area (Å²) in [5, 5.41) is 10.1. The Bertz CT molecular complexity index is 736. The summed E-state index contributed by atoms with van der Waals surface area (Å²) in [5.74, 6) is 2.18. The number of hydrogen-bond acceptors (Lipinski definition) is 2. The fourth-order valence-corrected chi connectivity index (χ4v) is 2.91. The zero-order valence-corrected chi connectivity index (χ0v) is 14.9. The minimum Gasteiger partial charge on any atom is -0.385 e. The van der Waals surface area contributed by atoms with Gasteiger partial charge in [0.1, 0.15) is 31.6 Å². The molecule has 0 spiro atoms. The topological polar surface area (TPSA) is 38.8 Å². The fraction of sp³-hybridized carbons (Fsp3) is 0.333. The molecule has 0 aliphatic heterocycles. The molecule has 0 radical (unpaired) electrons. The second-order valence-electron chi connectivity index (χ2n) is 6.22. The summed E-state index contributed by atoms with van der Waals surface area (Å²) in [6, 6.07) is 10.8. The molecule has 2 rings (SSSR count). The van der Waals surface area contributed by atoms with E-state index in [0.29, 0.717) is 31.7 Å². The number of rotatable bonds is 11. The van der Waals surface area contributed by atoms with E-state index in [-0.39, 0.29) is 19.0 Å². The molecule has 0 saturated carbocycles. The highest BCUT2D eigenvalue weighted by molar-refractivity contribution is 5.19. The third-order valence-electron chi connectivity index (χ3n) is 4.11. The van der Waals surface area contributed by atoms with Gasteiger partial charge in [-0.1, -0.05) is 30.7 Å². The molecular formula is C21H26FN2O2+. The molecule has 1 heterocycles. The van der Waals surface area contributed by atoms with Gasteiger partial charge in [0.2, 0.25) is 0 Å². The van der Waals surface area contributed by atoms with Crippen LogP contribution in [0.4, 0.5) is 4.39 Å². The van der Waals surface area contributed by atoms with Gasteiger partial charge in [-0.2, -0.15) is 0 Å². The highest BCUT2D eigenvalue weighted by Gasteiger charge is 2.17. The van der Waals surface area contributed by atoms with Crippen LogP contribution in [0, 0.1) is 18.2 Å². The van der Waals surface area contributed by atoms with Crippen molar-refractivity contribution >= 4 is 0 Å². The van der Waals surface area contributed by atoms with Crippen molar-refractivity contribution < 1.29 is 19.1 Å². The maximum atomic E-state index is 13.9. The lowest BCUT2D eigenvalue weighted by atomic mass is 10.2. The molecule has 26 heavy (non-hydrogen) atoms. The lowest BCUT2D eigenvalue weighted by molar-refractivity contribution is -0.911. The van der Waals surface area contributed by atoms with Crippen LogP contribution < -0.4 is 4.90 Å². The Hall–Kier alpha value is -2.39. The van der Waals surface area contributed by atoms with Crippen molar-refractivity contribution in [3.63, 3.8) is 0 Å². The van der Waals surface area contributed by atoms with Crippen molar-refractivity contribution in [2.45, 2.75) is 19.2 Å². The number of hydrogen-bond donors (Lipinski definition) is 2. The summed E-state index contributed by atoms with van der Waals surface area (Å²) in [6.45, 7) is 6.59. The second-order valence-corrected chi connectivity index (χ2v) is 6.22. The van der Waals surface area contributed by atoms with Crippen molar-refractivity contribution in [1.82, 2.24) is 4.57 Å². The van der Waals surface area contributed by atoms with E-state index in [1.54, 1.807) is 12.1 Å². The first-order valence-corrected chi connectivity index (χ1v) is 8.65. The number of nitrogens with zero attached hydrogens (tertiary/aromatic N) is 1. The van der Waals surface area contributed by atoms with Crippen molar-refractivity contribution in [3.8, 4) is 12.3 Å². The van der Waals surface area contributed by atoms with Gasteiger partial charge in [0.05, 0.1) is 25.4 Å². The lowest BCUT2D eigenvalue weighted by Crippen LogP contribution is -3.11. The SMILES string of the molecule is C#CCOC[C@@H](O)C[NH+](CC=C)Cc1cccn1Cc1ccccc1F. The molecule has 0 fully saturated rings. The van der Waals surface area contributed by atoms with E-state index in [4.69, 9.17) is 11.2 Å². The summed E-state index contributed by atoms with van der Waals surface area (Å²) < 4.78 is 21.2. The Morgan fingerprint density at radius 3 is 2.88 bits per heavy atom. The van der Waals surface area contributed by atoms with E-state index in [1.807, 2.05) is 35.0 Å². The molecule has 1 unspecified atom stereocenters. The Labute approximate surface area is 154 Å². The van der Waals surface area contributed by atoms with Crippen LogP contribution in [0.5, 0.6) is 0 Å². The standard InChI is InChI=1S/C21H25FN2O2/c1-3-11-23(16-20(25)17-26-13-4-2)15-19-9-7-12-24(19)14-18-8-5-6-10-21(18)22/h2-3,5-10,12,20,25H,1,11,13-17H2/p+1/t20-/m0/s1. The van der Waals surface area contributed by atoms with Crippen LogP contribution in [-0.2, 0) is 17.8 Å². The third kappa shape index (κ3) is 6.16. The summed E-state index contributed by atoms with van der Waals surface area (Å²) in [7, 11) is 0. The third-order valence-corrected chi connectivity index (χ3v) is 4.11. The van der Waals surface area contributed by atoms with Crippen molar-refractivity contribution in [2.24, 2.45) is 0 Å². The monoisotopic (exact) mass is 357 g/mol. The maximum absolute atomic E-state index is 13.9. The zero-order valence-electron chi connectivity index (χ0n) is 14.9. The molecule has 2 N–H and O–H groups in total. The molecule has 0 aliphatic rings. The van der Waals surface area contributed by atoms with Gasteiger partial charge in [0, 0.05) is 11.8 Å². The number of benzene rings is 1. The summed E-state index contributed by atoms with van der Waals surface area (Å²) >= 11 is 0. The van der Waals surface area contributed by atoms with Crippen molar-refractivity contribution in [2.75, 3.05) is 26.3 Å². The van der Waals surface area contributed by atoms with Gasteiger partial charge in [-0.15, -0.1) is 6.42 Å². The van der Waals surface area contributed by atoms with Crippen LogP contribution in [0.2, 0.25) is 0 Å². The zero-order chi connectivity index (χ0) is 18.8. The van der Waals surface area contributed by atoms with Gasteiger partial charge in [0.15, 0.2) is 0 Å². The minimum absolute atomic E-state index is 0.194. The molecule has 2 atom stereocenters. The number of aromatic nitrogens is 1. The van der Waals surface area contributed by atoms with Crippen LogP contribution in [0.15, 0.2) is 55.3 Å². The average Bonchev–Trinajstić information content (AvgIpc) is 3.04. The number of nitrogens with one attached hydrogen (secondary N) is 1. The van der Waals surface area contributed by atoms with Crippen molar-refractivity contribution in [1.29, 1.82) is 0 Å². The Morgan fingerprint density at radius 2 is 2.15 bits per heavy atom. The van der Waals surface area contributed by atoms with Gasteiger partial charge >= 0.3 is 0 Å². The van der Waals surface area contributed by atoms with Crippen LogP contribution in [0.25, 0.3) is 0 Å². The maximum Gasteiger partial charge on any atom is 0.128 e. The van der Waals surface area contributed by atoms with Crippen LogP contribution in [-0.4, -0.2) is 42.1 Å². The van der Waals surface area contributed by atoms with Gasteiger partial charge < -0.3 is 19.3 Å². The highest BCUT2D eigenvalue weighted by atomic mass is 19.1. The number of ether oxygens (including phenoxy) is 1. The molecule has 1 aromatic heterocycles. The molecule has 2 aromatic rings. The number of terminal acetylenes is 1. The van der Waals surface area contributed by atoms with E-state index >= 15 is 0 Å². The molecule has 0 aliphatic carbocycles. The predicted molar refractivity (Wildman–Crippen MR) is 100 cm³/mol. The molecule has 0 saturated heterocycles. The smallest absolute Gasteiger partial charge is 0.128 e. The average molecular weight is 357 g/mol. The van der Waals surface area contributed by atoms with E-state index < -0.39 is 6.10 Å². The number of quaternary nitrogens is 1. The molecule has 1 aromatic carbocycles. The summed E-state index contributed by atoms with van der Waals surface area (Å²) in [4.78, 5) is 1.14. The molecule has 5 heteroatoms. The first-order chi connectivity index (χ1) is 12.6. The molecule has 0 bridgehead atoms. The van der Waals surface area contributed by atoms with Crippen LogP contribution >= 0.6 is 0 Å². The van der Waals surface area contributed by atoms with Crippen LogP contribution in [0.1, 0.15) is 11.3 Å². The Kier molecular flexibility index (Phi) is 8.10. The minimum atomic E-state index is -0.603. The van der Waals surface area contributed by atoms with E-state index in [0.717, 1.165) is 10.6 Å². The van der Waals surface area contributed by atoms with Gasteiger partial charge in [-0.3, -0.25) is 0 Å². The Morgan fingerprint density at radius 1 is 1.35 bits per heavy atom. The lowest BCUT2D eigenvalue weighted by Gasteiger charge is -2.22. The van der Waals surface area contributed by atoms with Gasteiger partial charge in [-0.25, -0.2) is 4.39 Å². The van der Waals surface area contributed by atoms with Gasteiger partial charge in [0.25, 0.3) is 0 Å². The van der Waals surface area contributed by atoms with E-state index in [9.17, 15) is 9.50 Å². The van der Waals surface area contributed by atoms with Crippen molar-refractivity contribution in [3.05, 3.63) is 72.3 Å². The molecular weight excluding hydrogens is 331 g/mol. The first-order valence-electron chi connectivity index (χ1n) is 8.65. The number of aliphatic hydroxyl groups excluding tert-OH is 1. The summed E-state index contributed by atoms with van der Waals surface area (Å²) in [6.07, 6.45) is 8.31. The largest absolute Gasteiger partial charge is 0.385 e. The quantitative estimate of drug-likeness (QED) is 0.361. The first kappa shape index (κ1) is 19.9. The fourth-order valence-electron chi connectivity index (χ4n) is 2.91. The highest BCUT2D eigenvalue weighted by Crippen LogP contribution is 2.11. The normalized spacial score (nSPS) is 13.1. The van der Waals surface area contributed by atoms with Gasteiger partial charge in [-0.05, 0) is 24.3 Å². The summed E-state index contributed by atoms with van der Waals surface area (Å²) in [5.41, 5.74) is 1.72. The van der Waals surface area contributed by atoms with E-state index in [2.05, 4.69) is 12.5 Å². The molecule has 0 amide bonds. The number of halogens is 1. The molecule has 138 valence electrons. The second kappa shape index (κ2) is 10.6.